The topological polar surface area (TPSA) is 56.8 Å². The molecule has 1 aromatic rings. The maximum atomic E-state index is 14.6. The highest BCUT2D eigenvalue weighted by Crippen LogP contribution is 2.53. The molecule has 5 rings (SSSR count). The van der Waals surface area contributed by atoms with Crippen molar-refractivity contribution >= 4 is 6.09 Å². The van der Waals surface area contributed by atoms with Crippen LogP contribution < -0.4 is 10.6 Å². The highest BCUT2D eigenvalue weighted by Gasteiger charge is 2.56. The van der Waals surface area contributed by atoms with Crippen LogP contribution in [0.1, 0.15) is 44.1 Å². The Morgan fingerprint density at radius 1 is 1.15 bits per heavy atom. The predicted octanol–water partition coefficient (Wildman–Crippen LogP) is 3.18. The van der Waals surface area contributed by atoms with Gasteiger partial charge in [-0.15, -0.1) is 0 Å². The van der Waals surface area contributed by atoms with Crippen molar-refractivity contribution in [3.05, 3.63) is 35.6 Å². The molecule has 1 aromatic carbocycles. The van der Waals surface area contributed by atoms with E-state index in [9.17, 15) is 9.18 Å². The average Bonchev–Trinajstić information content (AvgIpc) is 3.22. The molecule has 0 radical (unpaired) electrons. The van der Waals surface area contributed by atoms with Gasteiger partial charge in [-0.3, -0.25) is 4.90 Å². The van der Waals surface area contributed by atoms with Crippen LogP contribution in [0.2, 0.25) is 0 Å². The van der Waals surface area contributed by atoms with Gasteiger partial charge in [0.15, 0.2) is 0 Å². The molecule has 33 heavy (non-hydrogen) atoms. The van der Waals surface area contributed by atoms with Crippen LogP contribution in [0.3, 0.4) is 0 Å². The molecule has 3 aliphatic heterocycles. The van der Waals surface area contributed by atoms with E-state index in [0.29, 0.717) is 5.92 Å². The van der Waals surface area contributed by atoms with E-state index in [-0.39, 0.29) is 29.4 Å². The summed E-state index contributed by atoms with van der Waals surface area (Å²) in [5, 5.41) is 6.55. The van der Waals surface area contributed by atoms with Crippen LogP contribution in [0, 0.1) is 23.6 Å². The number of nitrogens with zero attached hydrogens (tertiary/aromatic N) is 2. The Labute approximate surface area is 197 Å². The van der Waals surface area contributed by atoms with Crippen molar-refractivity contribution in [3.8, 4) is 0 Å². The quantitative estimate of drug-likeness (QED) is 0.657. The molecule has 1 unspecified atom stereocenters. The second-order valence-corrected chi connectivity index (χ2v) is 10.6. The summed E-state index contributed by atoms with van der Waals surface area (Å²) < 4.78 is 19.6. The molecule has 182 valence electrons. The van der Waals surface area contributed by atoms with Gasteiger partial charge in [-0.25, -0.2) is 9.18 Å². The number of hydrogen-bond donors (Lipinski definition) is 2. The molecule has 0 spiro atoms. The van der Waals surface area contributed by atoms with E-state index in [1.165, 1.54) is 20.1 Å². The minimum Gasteiger partial charge on any atom is -0.453 e. The zero-order valence-electron chi connectivity index (χ0n) is 19.9. The molecule has 7 heteroatoms. The van der Waals surface area contributed by atoms with Crippen molar-refractivity contribution in [1.29, 1.82) is 0 Å². The van der Waals surface area contributed by atoms with E-state index in [1.54, 1.807) is 12.1 Å². The van der Waals surface area contributed by atoms with E-state index in [2.05, 4.69) is 26.5 Å². The van der Waals surface area contributed by atoms with E-state index in [4.69, 9.17) is 4.74 Å². The van der Waals surface area contributed by atoms with Crippen LogP contribution in [-0.4, -0.2) is 74.9 Å². The van der Waals surface area contributed by atoms with Crippen molar-refractivity contribution in [2.75, 3.05) is 52.9 Å². The van der Waals surface area contributed by atoms with Crippen LogP contribution in [0.15, 0.2) is 24.3 Å². The average molecular weight is 459 g/mol. The van der Waals surface area contributed by atoms with Gasteiger partial charge < -0.3 is 20.3 Å². The second-order valence-electron chi connectivity index (χ2n) is 10.6. The standard InChI is InChI=1S/C26H39FN4O2/c1-33-25(32)29-24-8-3-7-23(24)26(31-11-4-12-31,21-5-2-6-22(27)15-21)20-9-13-30(14-10-20)18-19-16-28-17-19/h2,5-6,15,19-20,23-24,28H,3-4,7-14,16-18H2,1H3,(H,29,32)/t23-,24-,26?/m0/s1. The van der Waals surface area contributed by atoms with Crippen molar-refractivity contribution in [2.24, 2.45) is 17.8 Å². The third-order valence-corrected chi connectivity index (χ3v) is 8.83. The highest BCUT2D eigenvalue weighted by molar-refractivity contribution is 5.67. The van der Waals surface area contributed by atoms with E-state index in [1.807, 2.05) is 6.07 Å². The number of likely N-dealkylation sites (tertiary alicyclic amines) is 2. The van der Waals surface area contributed by atoms with Crippen LogP contribution in [-0.2, 0) is 10.3 Å². The first-order valence-electron chi connectivity index (χ1n) is 12.9. The minimum absolute atomic E-state index is 0.0559. The van der Waals surface area contributed by atoms with Crippen molar-refractivity contribution in [1.82, 2.24) is 20.4 Å². The number of halogens is 1. The van der Waals surface area contributed by atoms with Gasteiger partial charge in [-0.2, -0.15) is 0 Å². The summed E-state index contributed by atoms with van der Waals surface area (Å²) in [5.74, 6) is 1.32. The highest BCUT2D eigenvalue weighted by atomic mass is 19.1. The maximum absolute atomic E-state index is 14.6. The number of rotatable bonds is 7. The number of alkyl carbamates (subject to hydrolysis) is 1. The zero-order chi connectivity index (χ0) is 22.8. The van der Waals surface area contributed by atoms with E-state index >= 15 is 0 Å². The SMILES string of the molecule is COC(=O)N[C@H]1CCC[C@@H]1C(c1cccc(F)c1)(C1CCN(CC2CNC2)CC1)N1CCC1. The van der Waals surface area contributed by atoms with Crippen molar-refractivity contribution in [3.63, 3.8) is 0 Å². The summed E-state index contributed by atoms with van der Waals surface area (Å²) >= 11 is 0. The summed E-state index contributed by atoms with van der Waals surface area (Å²) in [6.07, 6.45) is 6.16. The lowest BCUT2D eigenvalue weighted by Crippen LogP contribution is -2.65. The zero-order valence-corrected chi connectivity index (χ0v) is 19.9. The molecule has 1 saturated carbocycles. The summed E-state index contributed by atoms with van der Waals surface area (Å²) in [6, 6.07) is 7.40. The first-order valence-corrected chi connectivity index (χ1v) is 12.9. The van der Waals surface area contributed by atoms with Gasteiger partial charge in [0.1, 0.15) is 5.82 Å². The number of methoxy groups -OCH3 is 1. The number of benzene rings is 1. The van der Waals surface area contributed by atoms with Gasteiger partial charge in [0.25, 0.3) is 0 Å². The summed E-state index contributed by atoms with van der Waals surface area (Å²) in [5.41, 5.74) is 0.861. The van der Waals surface area contributed by atoms with E-state index < -0.39 is 0 Å². The molecule has 1 aliphatic carbocycles. The largest absolute Gasteiger partial charge is 0.453 e. The first-order chi connectivity index (χ1) is 16.1. The Morgan fingerprint density at radius 2 is 1.94 bits per heavy atom. The molecule has 1 amide bonds. The Morgan fingerprint density at radius 3 is 2.55 bits per heavy atom. The Balaban J connectivity index is 1.48. The molecule has 3 saturated heterocycles. The Hall–Kier alpha value is -1.70. The smallest absolute Gasteiger partial charge is 0.407 e. The number of hydrogen-bond acceptors (Lipinski definition) is 5. The monoisotopic (exact) mass is 458 g/mol. The van der Waals surface area contributed by atoms with Crippen LogP contribution >= 0.6 is 0 Å². The molecule has 4 aliphatic rings. The molecule has 2 N–H and O–H groups in total. The number of carbonyl (C=O) groups excluding carboxylic acids is 1. The fraction of sp³-hybridized carbons (Fsp3) is 0.731. The fourth-order valence-corrected chi connectivity index (χ4v) is 7.12. The molecule has 3 heterocycles. The predicted molar refractivity (Wildman–Crippen MR) is 126 cm³/mol. The molecule has 4 fully saturated rings. The molecule has 0 bridgehead atoms. The number of amides is 1. The normalized spacial score (nSPS) is 29.2. The number of piperidine rings is 1. The van der Waals surface area contributed by atoms with Crippen LogP contribution in [0.5, 0.6) is 0 Å². The van der Waals surface area contributed by atoms with Gasteiger partial charge >= 0.3 is 6.09 Å². The molecular weight excluding hydrogens is 419 g/mol. The summed E-state index contributed by atoms with van der Waals surface area (Å²) in [4.78, 5) is 17.5. The number of nitrogens with one attached hydrogen (secondary N) is 2. The lowest BCUT2D eigenvalue weighted by molar-refractivity contribution is -0.0860. The third kappa shape index (κ3) is 4.40. The van der Waals surface area contributed by atoms with Gasteiger partial charge in [-0.05, 0) is 74.7 Å². The van der Waals surface area contributed by atoms with Gasteiger partial charge in [0, 0.05) is 44.7 Å². The van der Waals surface area contributed by atoms with E-state index in [0.717, 1.165) is 82.9 Å². The van der Waals surface area contributed by atoms with Gasteiger partial charge in [0.2, 0.25) is 0 Å². The summed E-state index contributed by atoms with van der Waals surface area (Å²) in [7, 11) is 1.43. The van der Waals surface area contributed by atoms with Crippen molar-refractivity contribution in [2.45, 2.75) is 50.1 Å². The Bertz CT molecular complexity index is 822. The first kappa shape index (κ1) is 23.1. The lowest BCUT2D eigenvalue weighted by atomic mass is 9.62. The second kappa shape index (κ2) is 9.88. The maximum Gasteiger partial charge on any atom is 0.407 e. The number of ether oxygens (including phenoxy) is 1. The Kier molecular flexibility index (Phi) is 6.91. The van der Waals surface area contributed by atoms with Crippen LogP contribution in [0.4, 0.5) is 9.18 Å². The minimum atomic E-state index is -0.354. The summed E-state index contributed by atoms with van der Waals surface area (Å²) in [6.45, 7) is 7.78. The third-order valence-electron chi connectivity index (χ3n) is 8.83. The molecule has 3 atom stereocenters. The van der Waals surface area contributed by atoms with Gasteiger partial charge in [-0.1, -0.05) is 18.6 Å². The van der Waals surface area contributed by atoms with Crippen LogP contribution in [0.25, 0.3) is 0 Å². The lowest BCUT2D eigenvalue weighted by Gasteiger charge is -2.59. The van der Waals surface area contributed by atoms with Crippen molar-refractivity contribution < 1.29 is 13.9 Å². The molecule has 0 aromatic heterocycles. The molecular formula is C26H39FN4O2. The van der Waals surface area contributed by atoms with Gasteiger partial charge in [0.05, 0.1) is 12.6 Å². The molecule has 6 nitrogen and oxygen atoms in total. The number of carbonyl (C=O) groups is 1. The fourth-order valence-electron chi connectivity index (χ4n) is 7.12.